The smallest absolute Gasteiger partial charge is 0.317 e. The minimum absolute atomic E-state index is 0.0315. The molecule has 0 radical (unpaired) electrons. The molecular weight excluding hydrogens is 320 g/mol. The number of anilines is 1. The lowest BCUT2D eigenvalue weighted by atomic mass is 10.0. The van der Waals surface area contributed by atoms with E-state index in [0.29, 0.717) is 13.0 Å². The van der Waals surface area contributed by atoms with Crippen molar-refractivity contribution in [3.05, 3.63) is 12.5 Å². The zero-order valence-corrected chi connectivity index (χ0v) is 13.9. The Morgan fingerprint density at radius 3 is 3.08 bits per heavy atom. The Bertz CT molecular complexity index is 825. The molecule has 4 heterocycles. The highest BCUT2D eigenvalue weighted by Gasteiger charge is 2.32. The number of nitriles is 1. The van der Waals surface area contributed by atoms with Crippen molar-refractivity contribution in [2.75, 3.05) is 31.1 Å². The number of piperidine rings is 1. The number of aryl methyl sites for hydroxylation is 1. The summed E-state index contributed by atoms with van der Waals surface area (Å²) in [5.41, 5.74) is 0.751. The summed E-state index contributed by atoms with van der Waals surface area (Å²) in [4.78, 5) is 24.9. The number of amides is 2. The quantitative estimate of drug-likeness (QED) is 0.880. The first-order chi connectivity index (χ1) is 12.3. The van der Waals surface area contributed by atoms with Crippen molar-refractivity contribution in [3.63, 3.8) is 0 Å². The molecule has 2 saturated heterocycles. The molecule has 2 aromatic rings. The lowest BCUT2D eigenvalue weighted by Crippen LogP contribution is -2.49. The second-order valence-corrected chi connectivity index (χ2v) is 6.38. The van der Waals surface area contributed by atoms with Crippen LogP contribution in [0, 0.1) is 11.3 Å². The van der Waals surface area contributed by atoms with E-state index in [1.807, 2.05) is 4.90 Å². The molecule has 0 aliphatic carbocycles. The maximum atomic E-state index is 12.0. The Kier molecular flexibility index (Phi) is 4.09. The van der Waals surface area contributed by atoms with Crippen molar-refractivity contribution in [1.82, 2.24) is 30.0 Å². The van der Waals surface area contributed by atoms with Gasteiger partial charge in [0.2, 0.25) is 0 Å². The summed E-state index contributed by atoms with van der Waals surface area (Å²) in [6.07, 6.45) is 5.75. The topological polar surface area (TPSA) is 103 Å². The highest BCUT2D eigenvalue weighted by molar-refractivity contribution is 5.86. The Morgan fingerprint density at radius 1 is 1.36 bits per heavy atom. The second kappa shape index (κ2) is 6.55. The van der Waals surface area contributed by atoms with E-state index in [9.17, 15) is 4.79 Å². The van der Waals surface area contributed by atoms with Gasteiger partial charge in [-0.2, -0.15) is 10.4 Å². The summed E-state index contributed by atoms with van der Waals surface area (Å²) < 4.78 is 1.75. The van der Waals surface area contributed by atoms with Crippen molar-refractivity contribution >= 4 is 22.9 Å². The second-order valence-electron chi connectivity index (χ2n) is 6.38. The number of nitrogens with one attached hydrogen (secondary N) is 1. The fourth-order valence-corrected chi connectivity index (χ4v) is 3.69. The molecule has 0 aromatic carbocycles. The third-order valence-corrected chi connectivity index (χ3v) is 4.87. The van der Waals surface area contributed by atoms with Gasteiger partial charge >= 0.3 is 6.03 Å². The summed E-state index contributed by atoms with van der Waals surface area (Å²) in [7, 11) is 0. The molecule has 130 valence electrons. The molecule has 0 spiro atoms. The molecule has 2 amide bonds. The summed E-state index contributed by atoms with van der Waals surface area (Å²) in [6.45, 7) is 3.68. The number of carbonyl (C=O) groups excluding carboxylic acids is 1. The summed E-state index contributed by atoms with van der Waals surface area (Å²) in [5, 5.41) is 16.9. The zero-order chi connectivity index (χ0) is 17.2. The number of nitrogens with zero attached hydrogens (tertiary/aromatic N) is 7. The Morgan fingerprint density at radius 2 is 2.28 bits per heavy atom. The van der Waals surface area contributed by atoms with Crippen LogP contribution < -0.4 is 10.2 Å². The Balaban J connectivity index is 1.59. The van der Waals surface area contributed by atoms with E-state index >= 15 is 0 Å². The van der Waals surface area contributed by atoms with Crippen LogP contribution in [0.3, 0.4) is 0 Å². The molecule has 2 aromatic heterocycles. The number of urea groups is 1. The monoisotopic (exact) mass is 340 g/mol. The van der Waals surface area contributed by atoms with Gasteiger partial charge in [-0.05, 0) is 12.8 Å². The number of hydrogen-bond acceptors (Lipinski definition) is 6. The lowest BCUT2D eigenvalue weighted by molar-refractivity contribution is 0.189. The molecule has 0 unspecified atom stereocenters. The van der Waals surface area contributed by atoms with E-state index in [0.717, 1.165) is 55.9 Å². The van der Waals surface area contributed by atoms with Crippen molar-refractivity contribution in [3.8, 4) is 6.07 Å². The van der Waals surface area contributed by atoms with Gasteiger partial charge in [0.1, 0.15) is 12.1 Å². The standard InChI is InChI=1S/C16H20N8O/c17-4-2-7-24-15-13(9-21-24)14(19-11-20-15)22-6-1-3-12(10-22)23-8-5-18-16(23)25/h9,11-12H,1-3,5-8,10H2,(H,18,25)/t12-/m0/s1. The van der Waals surface area contributed by atoms with Gasteiger partial charge < -0.3 is 15.1 Å². The van der Waals surface area contributed by atoms with Crippen LogP contribution in [0.5, 0.6) is 0 Å². The average Bonchev–Trinajstić information content (AvgIpc) is 3.26. The van der Waals surface area contributed by atoms with E-state index in [1.165, 1.54) is 0 Å². The van der Waals surface area contributed by atoms with Crippen LogP contribution in [0.2, 0.25) is 0 Å². The highest BCUT2D eigenvalue weighted by atomic mass is 16.2. The van der Waals surface area contributed by atoms with Gasteiger partial charge in [-0.15, -0.1) is 0 Å². The first-order valence-corrected chi connectivity index (χ1v) is 8.61. The van der Waals surface area contributed by atoms with Gasteiger partial charge in [-0.25, -0.2) is 19.4 Å². The minimum Gasteiger partial charge on any atom is -0.354 e. The number of hydrogen-bond donors (Lipinski definition) is 1. The van der Waals surface area contributed by atoms with E-state index in [1.54, 1.807) is 17.2 Å². The molecule has 2 aliphatic heterocycles. The molecule has 1 atom stereocenters. The van der Waals surface area contributed by atoms with Crippen molar-refractivity contribution in [1.29, 1.82) is 5.26 Å². The SMILES string of the molecule is N#CCCn1ncc2c(N3CCC[C@H](N4CCNC4=O)C3)ncnc21. The van der Waals surface area contributed by atoms with Gasteiger partial charge in [0, 0.05) is 26.2 Å². The first-order valence-electron chi connectivity index (χ1n) is 8.61. The fraction of sp³-hybridized carbons (Fsp3) is 0.562. The third kappa shape index (κ3) is 2.84. The van der Waals surface area contributed by atoms with Crippen LogP contribution in [-0.2, 0) is 6.54 Å². The van der Waals surface area contributed by atoms with Crippen LogP contribution in [-0.4, -0.2) is 62.9 Å². The fourth-order valence-electron chi connectivity index (χ4n) is 3.69. The van der Waals surface area contributed by atoms with E-state index in [4.69, 9.17) is 5.26 Å². The van der Waals surface area contributed by atoms with Crippen molar-refractivity contribution in [2.24, 2.45) is 0 Å². The van der Waals surface area contributed by atoms with E-state index in [-0.39, 0.29) is 12.1 Å². The van der Waals surface area contributed by atoms with Crippen molar-refractivity contribution < 1.29 is 4.79 Å². The van der Waals surface area contributed by atoms with Gasteiger partial charge in [0.05, 0.1) is 36.7 Å². The molecule has 9 nitrogen and oxygen atoms in total. The predicted octanol–water partition coefficient (Wildman–Crippen LogP) is 0.734. The number of aromatic nitrogens is 4. The van der Waals surface area contributed by atoms with Gasteiger partial charge in [0.15, 0.2) is 5.65 Å². The molecule has 4 rings (SSSR count). The van der Waals surface area contributed by atoms with Gasteiger partial charge in [0.25, 0.3) is 0 Å². The average molecular weight is 340 g/mol. The predicted molar refractivity (Wildman–Crippen MR) is 90.9 cm³/mol. The Labute approximate surface area is 145 Å². The molecule has 2 aliphatic rings. The van der Waals surface area contributed by atoms with Crippen LogP contribution in [0.15, 0.2) is 12.5 Å². The van der Waals surface area contributed by atoms with Crippen LogP contribution in [0.25, 0.3) is 11.0 Å². The van der Waals surface area contributed by atoms with Crippen LogP contribution in [0.1, 0.15) is 19.3 Å². The maximum absolute atomic E-state index is 12.0. The Hall–Kier alpha value is -2.89. The largest absolute Gasteiger partial charge is 0.354 e. The van der Waals surface area contributed by atoms with Gasteiger partial charge in [-0.3, -0.25) is 0 Å². The van der Waals surface area contributed by atoms with Crippen molar-refractivity contribution in [2.45, 2.75) is 31.8 Å². The number of rotatable bonds is 4. The van der Waals surface area contributed by atoms with E-state index in [2.05, 4.69) is 31.4 Å². The lowest BCUT2D eigenvalue weighted by Gasteiger charge is -2.37. The number of carbonyl (C=O) groups is 1. The molecule has 25 heavy (non-hydrogen) atoms. The molecule has 0 saturated carbocycles. The minimum atomic E-state index is 0.0315. The summed E-state index contributed by atoms with van der Waals surface area (Å²) in [6, 6.07) is 2.37. The molecule has 2 fully saturated rings. The summed E-state index contributed by atoms with van der Waals surface area (Å²) in [5.74, 6) is 0.859. The molecule has 1 N–H and O–H groups in total. The number of fused-ring (bicyclic) bond motifs is 1. The van der Waals surface area contributed by atoms with E-state index < -0.39 is 0 Å². The molecule has 0 bridgehead atoms. The third-order valence-electron chi connectivity index (χ3n) is 4.87. The van der Waals surface area contributed by atoms with Crippen LogP contribution >= 0.6 is 0 Å². The first kappa shape index (κ1) is 15.6. The molecular formula is C16H20N8O. The zero-order valence-electron chi connectivity index (χ0n) is 13.9. The van der Waals surface area contributed by atoms with Gasteiger partial charge in [-0.1, -0.05) is 0 Å². The van der Waals surface area contributed by atoms with Crippen LogP contribution in [0.4, 0.5) is 10.6 Å². The maximum Gasteiger partial charge on any atom is 0.317 e. The highest BCUT2D eigenvalue weighted by Crippen LogP contribution is 2.27. The normalized spacial score (nSPS) is 20.8. The molecule has 9 heteroatoms. The summed E-state index contributed by atoms with van der Waals surface area (Å²) >= 11 is 0.